The van der Waals surface area contributed by atoms with Gasteiger partial charge < -0.3 is 8.83 Å². The molecule has 0 radical (unpaired) electrons. The molecule has 9 aromatic rings. The molecule has 5 heteroatoms. The second-order valence-electron chi connectivity index (χ2n) is 11.0. The first kappa shape index (κ1) is 25.8. The van der Waals surface area contributed by atoms with E-state index in [2.05, 4.69) is 120 Å². The minimum absolute atomic E-state index is 0.652. The zero-order valence-corrected chi connectivity index (χ0v) is 24.9. The third-order valence-electron chi connectivity index (χ3n) is 8.46. The van der Waals surface area contributed by atoms with Crippen LogP contribution in [0.4, 0.5) is 0 Å². The van der Waals surface area contributed by atoms with Crippen molar-refractivity contribution in [2.24, 2.45) is 0 Å². The van der Waals surface area contributed by atoms with E-state index < -0.39 is 10.0 Å². The second-order valence-corrected chi connectivity index (χ2v) is 14.1. The van der Waals surface area contributed by atoms with Gasteiger partial charge in [0, 0.05) is 41.3 Å². The number of furan rings is 2. The van der Waals surface area contributed by atoms with Crippen LogP contribution in [0.2, 0.25) is 0 Å². The Balaban J connectivity index is 1.28. The summed E-state index contributed by atoms with van der Waals surface area (Å²) in [4.78, 5) is 14.7. The fourth-order valence-corrected chi connectivity index (χ4v) is 10.3. The normalized spacial score (nSPS) is 12.4. The van der Waals surface area contributed by atoms with E-state index in [0.717, 1.165) is 44.0 Å². The smallest absolute Gasteiger partial charge is 0.172 e. The summed E-state index contributed by atoms with van der Waals surface area (Å²) in [5.41, 5.74) is 4.92. The topological polar surface area (TPSA) is 52.1 Å². The van der Waals surface area contributed by atoms with Crippen LogP contribution in [0.1, 0.15) is 0 Å². The molecule has 0 atom stereocenters. The first-order valence-electron chi connectivity index (χ1n) is 14.9. The maximum Gasteiger partial charge on any atom is 0.172 e. The fourth-order valence-electron chi connectivity index (χ4n) is 6.42. The molecular formula is C40H26N2O2S. The lowest BCUT2D eigenvalue weighted by molar-refractivity contribution is 0.665. The lowest BCUT2D eigenvalue weighted by atomic mass is 10.1. The Morgan fingerprint density at radius 2 is 0.956 bits per heavy atom. The van der Waals surface area contributed by atoms with Crippen molar-refractivity contribution in [1.29, 1.82) is 0 Å². The third-order valence-corrected chi connectivity index (χ3v) is 12.4. The number of hydrogen-bond acceptors (Lipinski definition) is 4. The summed E-state index contributed by atoms with van der Waals surface area (Å²) < 4.78 is 12.4. The zero-order chi connectivity index (χ0) is 29.8. The fraction of sp³-hybridized carbons (Fsp3) is 0. The zero-order valence-electron chi connectivity index (χ0n) is 24.1. The van der Waals surface area contributed by atoms with Crippen LogP contribution in [0.25, 0.3) is 55.4 Å². The van der Waals surface area contributed by atoms with Crippen LogP contribution in [0, 0.1) is 0 Å². The Morgan fingerprint density at radius 1 is 0.422 bits per heavy atom. The van der Waals surface area contributed by atoms with E-state index in [-0.39, 0.29) is 0 Å². The molecule has 9 rings (SSSR count). The molecule has 3 aromatic heterocycles. The minimum Gasteiger partial charge on any atom is -0.456 e. The van der Waals surface area contributed by atoms with Gasteiger partial charge in [-0.05, 0) is 84.9 Å². The van der Waals surface area contributed by atoms with Crippen molar-refractivity contribution in [3.05, 3.63) is 158 Å². The molecule has 0 aliphatic heterocycles. The van der Waals surface area contributed by atoms with Gasteiger partial charge in [0.1, 0.15) is 22.3 Å². The second kappa shape index (κ2) is 10.2. The Hall–Kier alpha value is -5.65. The molecule has 0 spiro atoms. The Labute approximate surface area is 260 Å². The molecule has 0 saturated carbocycles. The first-order chi connectivity index (χ1) is 22.3. The number of rotatable bonds is 5. The number of hydrogen-bond donors (Lipinski definition) is 0. The van der Waals surface area contributed by atoms with Crippen molar-refractivity contribution in [2.75, 3.05) is 0 Å². The van der Waals surface area contributed by atoms with Crippen LogP contribution in [0.15, 0.2) is 186 Å². The van der Waals surface area contributed by atoms with Crippen LogP contribution >= 0.6 is 10.0 Å². The first-order valence-corrected chi connectivity index (χ1v) is 16.5. The molecule has 6 aromatic carbocycles. The van der Waals surface area contributed by atoms with Gasteiger partial charge in [-0.25, -0.2) is 9.97 Å². The quantitative estimate of drug-likeness (QED) is 0.198. The molecule has 0 unspecified atom stereocenters. The van der Waals surface area contributed by atoms with E-state index in [1.54, 1.807) is 6.20 Å². The van der Waals surface area contributed by atoms with Crippen molar-refractivity contribution in [2.45, 2.75) is 19.6 Å². The molecule has 0 aliphatic carbocycles. The van der Waals surface area contributed by atoms with Crippen molar-refractivity contribution >= 4 is 54.0 Å². The summed E-state index contributed by atoms with van der Waals surface area (Å²) in [5.74, 6) is 0.652. The highest BCUT2D eigenvalue weighted by atomic mass is 32.3. The van der Waals surface area contributed by atoms with E-state index >= 15 is 0 Å². The molecule has 4 nitrogen and oxygen atoms in total. The number of fused-ring (bicyclic) bond motifs is 6. The molecule has 0 saturated heterocycles. The molecule has 45 heavy (non-hydrogen) atoms. The van der Waals surface area contributed by atoms with E-state index in [4.69, 9.17) is 13.8 Å². The highest BCUT2D eigenvalue weighted by Crippen LogP contribution is 2.73. The third kappa shape index (κ3) is 4.01. The summed E-state index contributed by atoms with van der Waals surface area (Å²) in [7, 11) is -1.83. The lowest BCUT2D eigenvalue weighted by Crippen LogP contribution is -2.04. The van der Waals surface area contributed by atoms with Gasteiger partial charge in [-0.2, -0.15) is 0 Å². The highest BCUT2D eigenvalue weighted by molar-refractivity contribution is 8.34. The molecule has 214 valence electrons. The van der Waals surface area contributed by atoms with Gasteiger partial charge in [0.25, 0.3) is 0 Å². The largest absolute Gasteiger partial charge is 0.456 e. The number of aromatic nitrogens is 2. The van der Waals surface area contributed by atoms with E-state index in [0.29, 0.717) is 11.4 Å². The molecule has 0 amide bonds. The van der Waals surface area contributed by atoms with Crippen molar-refractivity contribution < 1.29 is 8.83 Å². The van der Waals surface area contributed by atoms with Crippen LogP contribution < -0.4 is 0 Å². The Kier molecular flexibility index (Phi) is 5.86. The van der Waals surface area contributed by atoms with Gasteiger partial charge in [-0.3, -0.25) is 0 Å². The van der Waals surface area contributed by atoms with Gasteiger partial charge >= 0.3 is 0 Å². The number of nitrogens with zero attached hydrogens (tertiary/aromatic N) is 2. The number of para-hydroxylation sites is 1. The van der Waals surface area contributed by atoms with Crippen LogP contribution in [-0.4, -0.2) is 9.97 Å². The predicted octanol–water partition coefficient (Wildman–Crippen LogP) is 11.3. The minimum atomic E-state index is -1.83. The average Bonchev–Trinajstić information content (AvgIpc) is 3.67. The predicted molar refractivity (Wildman–Crippen MR) is 182 cm³/mol. The van der Waals surface area contributed by atoms with Crippen LogP contribution in [0.5, 0.6) is 0 Å². The van der Waals surface area contributed by atoms with E-state index in [1.807, 2.05) is 36.4 Å². The van der Waals surface area contributed by atoms with Crippen molar-refractivity contribution in [3.63, 3.8) is 0 Å². The van der Waals surface area contributed by atoms with E-state index in [9.17, 15) is 0 Å². The van der Waals surface area contributed by atoms with Gasteiger partial charge in [-0.1, -0.05) is 66.7 Å². The van der Waals surface area contributed by atoms with Gasteiger partial charge in [0.15, 0.2) is 11.4 Å². The highest BCUT2D eigenvalue weighted by Gasteiger charge is 2.33. The maximum absolute atomic E-state index is 6.40. The Bertz CT molecular complexity index is 2390. The molecule has 0 aliphatic rings. The standard InChI is InChI=1S/C40H26N2O2S/c1-4-12-28(13-5-1)45(29-14-6-2-7-15-29,30-16-8-3-9-17-30)31-21-23-37-34(25-31)33-24-27(20-22-36(33)43-37)40-41-26-38-39(42-40)32-18-10-11-19-35(32)44-38/h1-26H. The summed E-state index contributed by atoms with van der Waals surface area (Å²) >= 11 is 0. The van der Waals surface area contributed by atoms with Crippen molar-refractivity contribution in [3.8, 4) is 11.4 Å². The summed E-state index contributed by atoms with van der Waals surface area (Å²) in [5, 5.41) is 3.09. The van der Waals surface area contributed by atoms with Crippen molar-refractivity contribution in [1.82, 2.24) is 9.97 Å². The SMILES string of the molecule is c1ccc(S(c2ccccc2)(c2ccccc2)c2ccc3oc4ccc(-c5ncc6oc7ccccc7c6n5)cc4c3c2)cc1. The Morgan fingerprint density at radius 3 is 1.62 bits per heavy atom. The average molecular weight is 599 g/mol. The summed E-state index contributed by atoms with van der Waals surface area (Å²) in [6, 6.07) is 53.5. The van der Waals surface area contributed by atoms with Gasteiger partial charge in [-0.15, -0.1) is 10.0 Å². The maximum atomic E-state index is 6.40. The van der Waals surface area contributed by atoms with Gasteiger partial charge in [0.2, 0.25) is 0 Å². The van der Waals surface area contributed by atoms with Gasteiger partial charge in [0.05, 0.1) is 6.20 Å². The molecule has 0 fully saturated rings. The summed E-state index contributed by atoms with van der Waals surface area (Å²) in [6.45, 7) is 0. The molecular weight excluding hydrogens is 573 g/mol. The molecule has 0 N–H and O–H groups in total. The van der Waals surface area contributed by atoms with E-state index in [1.165, 1.54) is 19.6 Å². The molecule has 0 bridgehead atoms. The lowest BCUT2D eigenvalue weighted by Gasteiger charge is -2.42. The van der Waals surface area contributed by atoms with Crippen LogP contribution in [0.3, 0.4) is 0 Å². The molecule has 3 heterocycles. The number of benzene rings is 6. The summed E-state index contributed by atoms with van der Waals surface area (Å²) in [6.07, 6.45) is 1.77. The van der Waals surface area contributed by atoms with Crippen LogP contribution in [-0.2, 0) is 0 Å². The monoisotopic (exact) mass is 598 g/mol.